The summed E-state index contributed by atoms with van der Waals surface area (Å²) < 4.78 is 5.39. The van der Waals surface area contributed by atoms with Crippen LogP contribution in [0.4, 0.5) is 11.4 Å². The van der Waals surface area contributed by atoms with Crippen molar-refractivity contribution >= 4 is 46.2 Å². The van der Waals surface area contributed by atoms with Crippen molar-refractivity contribution in [3.8, 4) is 5.75 Å². The van der Waals surface area contributed by atoms with Gasteiger partial charge in [-0.25, -0.2) is 0 Å². The SMILES string of the molecule is O=C(COc1ccccc1)NC(=S)Nc1ccc(N2CCCCC2)c(Cl)c1. The van der Waals surface area contributed by atoms with Crippen LogP contribution in [0.1, 0.15) is 19.3 Å². The van der Waals surface area contributed by atoms with Gasteiger partial charge in [0.05, 0.1) is 10.7 Å². The van der Waals surface area contributed by atoms with Crippen LogP contribution in [0.2, 0.25) is 5.02 Å². The van der Waals surface area contributed by atoms with E-state index in [9.17, 15) is 4.79 Å². The standard InChI is InChI=1S/C20H22ClN3O2S/c21-17-13-15(9-10-18(17)24-11-5-2-6-12-24)22-20(27)23-19(25)14-26-16-7-3-1-4-8-16/h1,3-4,7-10,13H,2,5-6,11-12,14H2,(H2,22,23,25,27). The van der Waals surface area contributed by atoms with Crippen molar-refractivity contribution in [1.29, 1.82) is 0 Å². The van der Waals surface area contributed by atoms with E-state index in [1.807, 2.05) is 36.4 Å². The summed E-state index contributed by atoms with van der Waals surface area (Å²) in [6, 6.07) is 14.9. The first kappa shape index (κ1) is 19.5. The van der Waals surface area contributed by atoms with E-state index in [2.05, 4.69) is 15.5 Å². The average molecular weight is 404 g/mol. The topological polar surface area (TPSA) is 53.6 Å². The molecule has 1 aliphatic heterocycles. The van der Waals surface area contributed by atoms with E-state index < -0.39 is 0 Å². The number of thiocarbonyl (C=S) groups is 1. The number of ether oxygens (including phenoxy) is 1. The van der Waals surface area contributed by atoms with E-state index in [4.69, 9.17) is 28.6 Å². The molecule has 3 rings (SSSR count). The predicted octanol–water partition coefficient (Wildman–Crippen LogP) is 4.22. The number of piperidine rings is 1. The van der Waals surface area contributed by atoms with Crippen LogP contribution in [-0.2, 0) is 4.79 Å². The monoisotopic (exact) mass is 403 g/mol. The van der Waals surface area contributed by atoms with Crippen LogP contribution in [0.5, 0.6) is 5.75 Å². The van der Waals surface area contributed by atoms with Gasteiger partial charge in [-0.1, -0.05) is 29.8 Å². The van der Waals surface area contributed by atoms with E-state index >= 15 is 0 Å². The number of hydrogen-bond donors (Lipinski definition) is 2. The highest BCUT2D eigenvalue weighted by molar-refractivity contribution is 7.80. The van der Waals surface area contributed by atoms with Gasteiger partial charge >= 0.3 is 0 Å². The molecule has 1 saturated heterocycles. The Kier molecular flexibility index (Phi) is 6.90. The number of hydrogen-bond acceptors (Lipinski definition) is 4. The molecule has 0 spiro atoms. The zero-order chi connectivity index (χ0) is 19.1. The predicted molar refractivity (Wildman–Crippen MR) is 114 cm³/mol. The number of rotatable bonds is 5. The van der Waals surface area contributed by atoms with Gasteiger partial charge in [0.25, 0.3) is 5.91 Å². The number of anilines is 2. The summed E-state index contributed by atoms with van der Waals surface area (Å²) in [4.78, 5) is 14.3. The molecule has 142 valence electrons. The quantitative estimate of drug-likeness (QED) is 0.732. The summed E-state index contributed by atoms with van der Waals surface area (Å²) in [5, 5.41) is 6.46. The van der Waals surface area contributed by atoms with Gasteiger partial charge in [-0.15, -0.1) is 0 Å². The van der Waals surface area contributed by atoms with Crippen LogP contribution in [0.25, 0.3) is 0 Å². The second kappa shape index (κ2) is 9.58. The molecule has 5 nitrogen and oxygen atoms in total. The van der Waals surface area contributed by atoms with Gasteiger partial charge in [-0.3, -0.25) is 10.1 Å². The summed E-state index contributed by atoms with van der Waals surface area (Å²) in [6.45, 7) is 1.95. The van der Waals surface area contributed by atoms with E-state index in [1.54, 1.807) is 12.1 Å². The Balaban J connectivity index is 1.50. The molecular weight excluding hydrogens is 382 g/mol. The highest BCUT2D eigenvalue weighted by atomic mass is 35.5. The van der Waals surface area contributed by atoms with E-state index in [1.165, 1.54) is 19.3 Å². The first-order valence-electron chi connectivity index (χ1n) is 8.95. The molecule has 2 N–H and O–H groups in total. The summed E-state index contributed by atoms with van der Waals surface area (Å²) in [5.74, 6) is 0.305. The molecule has 0 unspecified atom stereocenters. The Morgan fingerprint density at radius 3 is 2.56 bits per heavy atom. The number of para-hydroxylation sites is 1. The Hall–Kier alpha value is -2.31. The number of nitrogens with one attached hydrogen (secondary N) is 2. The van der Waals surface area contributed by atoms with Gasteiger partial charge in [0, 0.05) is 18.8 Å². The van der Waals surface area contributed by atoms with Gasteiger partial charge in [0.1, 0.15) is 5.75 Å². The maximum Gasteiger partial charge on any atom is 0.264 e. The second-order valence-electron chi connectivity index (χ2n) is 6.32. The third kappa shape index (κ3) is 5.84. The molecule has 1 fully saturated rings. The molecule has 0 radical (unpaired) electrons. The number of carbonyl (C=O) groups is 1. The molecule has 1 heterocycles. The van der Waals surface area contributed by atoms with Gasteiger partial charge in [0.15, 0.2) is 11.7 Å². The Labute approximate surface area is 169 Å². The largest absolute Gasteiger partial charge is 0.484 e. The molecule has 7 heteroatoms. The molecule has 0 bridgehead atoms. The van der Waals surface area contributed by atoms with E-state index in [0.717, 1.165) is 24.5 Å². The number of carbonyl (C=O) groups excluding carboxylic acids is 1. The van der Waals surface area contributed by atoms with Gasteiger partial charge in [-0.05, 0) is 61.8 Å². The highest BCUT2D eigenvalue weighted by Gasteiger charge is 2.14. The second-order valence-corrected chi connectivity index (χ2v) is 7.13. The zero-order valence-corrected chi connectivity index (χ0v) is 16.5. The smallest absolute Gasteiger partial charge is 0.264 e. The van der Waals surface area contributed by atoms with Crippen molar-refractivity contribution in [2.75, 3.05) is 29.9 Å². The zero-order valence-electron chi connectivity index (χ0n) is 14.9. The van der Waals surface area contributed by atoms with Crippen LogP contribution < -0.4 is 20.3 Å². The lowest BCUT2D eigenvalue weighted by molar-refractivity contribution is -0.121. The summed E-state index contributed by atoms with van der Waals surface area (Å²) in [6.07, 6.45) is 3.66. The molecule has 2 aromatic rings. The van der Waals surface area contributed by atoms with E-state index in [-0.39, 0.29) is 17.6 Å². The maximum absolute atomic E-state index is 11.9. The minimum Gasteiger partial charge on any atom is -0.484 e. The van der Waals surface area contributed by atoms with Crippen molar-refractivity contribution in [2.45, 2.75) is 19.3 Å². The van der Waals surface area contributed by atoms with Crippen LogP contribution in [0, 0.1) is 0 Å². The number of nitrogens with zero attached hydrogens (tertiary/aromatic N) is 1. The lowest BCUT2D eigenvalue weighted by Gasteiger charge is -2.29. The van der Waals surface area contributed by atoms with Crippen LogP contribution >= 0.6 is 23.8 Å². The Bertz CT molecular complexity index is 795. The molecule has 0 saturated carbocycles. The Morgan fingerprint density at radius 1 is 1.11 bits per heavy atom. The van der Waals surface area contributed by atoms with Crippen LogP contribution in [-0.4, -0.2) is 30.7 Å². The third-order valence-electron chi connectivity index (χ3n) is 4.27. The van der Waals surface area contributed by atoms with Gasteiger partial charge in [0.2, 0.25) is 0 Å². The summed E-state index contributed by atoms with van der Waals surface area (Å²) in [7, 11) is 0. The first-order valence-corrected chi connectivity index (χ1v) is 9.73. The molecule has 1 aliphatic rings. The minimum absolute atomic E-state index is 0.111. The molecule has 0 atom stereocenters. The number of benzene rings is 2. The van der Waals surface area contributed by atoms with Crippen molar-refractivity contribution in [3.05, 3.63) is 53.6 Å². The number of halogens is 1. The van der Waals surface area contributed by atoms with Crippen molar-refractivity contribution in [1.82, 2.24) is 5.32 Å². The molecule has 1 amide bonds. The fourth-order valence-electron chi connectivity index (χ4n) is 2.97. The molecule has 0 aliphatic carbocycles. The normalized spacial score (nSPS) is 13.7. The fourth-order valence-corrected chi connectivity index (χ4v) is 3.50. The van der Waals surface area contributed by atoms with Crippen molar-refractivity contribution < 1.29 is 9.53 Å². The molecule has 2 aromatic carbocycles. The summed E-state index contributed by atoms with van der Waals surface area (Å²) >= 11 is 11.6. The van der Waals surface area contributed by atoms with E-state index in [0.29, 0.717) is 10.8 Å². The third-order valence-corrected chi connectivity index (χ3v) is 4.78. The highest BCUT2D eigenvalue weighted by Crippen LogP contribution is 2.30. The van der Waals surface area contributed by atoms with Crippen LogP contribution in [0.15, 0.2) is 48.5 Å². The van der Waals surface area contributed by atoms with Gasteiger partial charge in [-0.2, -0.15) is 0 Å². The number of amides is 1. The molecule has 0 aromatic heterocycles. The van der Waals surface area contributed by atoms with Crippen molar-refractivity contribution in [2.24, 2.45) is 0 Å². The van der Waals surface area contributed by atoms with Crippen LogP contribution in [0.3, 0.4) is 0 Å². The maximum atomic E-state index is 11.9. The first-order chi connectivity index (χ1) is 13.1. The Morgan fingerprint density at radius 2 is 1.85 bits per heavy atom. The van der Waals surface area contributed by atoms with Crippen molar-refractivity contribution in [3.63, 3.8) is 0 Å². The average Bonchev–Trinajstić information content (AvgIpc) is 2.68. The fraction of sp³-hybridized carbons (Fsp3) is 0.300. The minimum atomic E-state index is -0.326. The summed E-state index contributed by atoms with van der Waals surface area (Å²) in [5.41, 5.74) is 1.77. The lowest BCUT2D eigenvalue weighted by Crippen LogP contribution is -2.37. The van der Waals surface area contributed by atoms with Gasteiger partial charge < -0.3 is 15.0 Å². The molecular formula is C20H22ClN3O2S. The molecule has 27 heavy (non-hydrogen) atoms. The lowest BCUT2D eigenvalue weighted by atomic mass is 10.1.